The number of anilines is 1. The van der Waals surface area contributed by atoms with E-state index in [0.29, 0.717) is 31.3 Å². The lowest BCUT2D eigenvalue weighted by Gasteiger charge is -2.10. The Morgan fingerprint density at radius 2 is 2.43 bits per heavy atom. The second-order valence-corrected chi connectivity index (χ2v) is 3.43. The summed E-state index contributed by atoms with van der Waals surface area (Å²) in [6, 6.07) is 0. The Hall–Kier alpha value is -1.39. The fourth-order valence-corrected chi connectivity index (χ4v) is 1.59. The first-order chi connectivity index (χ1) is 6.70. The third-order valence-corrected chi connectivity index (χ3v) is 2.38. The Morgan fingerprint density at radius 1 is 1.64 bits per heavy atom. The van der Waals surface area contributed by atoms with Crippen LogP contribution in [-0.2, 0) is 7.05 Å². The highest BCUT2D eigenvalue weighted by Crippen LogP contribution is 2.18. The Labute approximate surface area is 82.0 Å². The predicted molar refractivity (Wildman–Crippen MR) is 52.8 cm³/mol. The average molecular weight is 196 g/mol. The molecule has 1 aliphatic rings. The zero-order valence-electron chi connectivity index (χ0n) is 8.15. The van der Waals surface area contributed by atoms with Gasteiger partial charge in [-0.25, -0.2) is 9.07 Å². The molecule has 5 heteroatoms. The van der Waals surface area contributed by atoms with Crippen LogP contribution in [0.4, 0.5) is 10.3 Å². The van der Waals surface area contributed by atoms with E-state index >= 15 is 0 Å². The minimum atomic E-state index is -0.744. The van der Waals surface area contributed by atoms with Crippen molar-refractivity contribution in [3.05, 3.63) is 12.4 Å². The molecule has 0 saturated carbocycles. The minimum absolute atomic E-state index is 0.403. The van der Waals surface area contributed by atoms with Gasteiger partial charge in [-0.15, -0.1) is 5.10 Å². The maximum absolute atomic E-state index is 12.9. The monoisotopic (exact) mass is 196 g/mol. The molecule has 0 amide bonds. The van der Waals surface area contributed by atoms with Crippen LogP contribution < -0.4 is 4.90 Å². The van der Waals surface area contributed by atoms with Gasteiger partial charge in [-0.05, 0) is 12.5 Å². The quantitative estimate of drug-likeness (QED) is 0.707. The van der Waals surface area contributed by atoms with Gasteiger partial charge >= 0.3 is 0 Å². The summed E-state index contributed by atoms with van der Waals surface area (Å²) >= 11 is 0. The van der Waals surface area contributed by atoms with Crippen LogP contribution in [0.2, 0.25) is 0 Å². The van der Waals surface area contributed by atoms with E-state index in [-0.39, 0.29) is 0 Å². The molecular formula is C9H13FN4. The lowest BCUT2D eigenvalue weighted by Crippen LogP contribution is -2.21. The zero-order chi connectivity index (χ0) is 10.1. The zero-order valence-corrected chi connectivity index (χ0v) is 8.15. The smallest absolute Gasteiger partial charge is 0.245 e. The molecule has 0 aliphatic carbocycles. The topological polar surface area (TPSA) is 34.0 Å². The van der Waals surface area contributed by atoms with Crippen molar-refractivity contribution in [2.24, 2.45) is 7.05 Å². The van der Waals surface area contributed by atoms with Gasteiger partial charge in [0.15, 0.2) is 5.82 Å². The molecule has 1 aromatic heterocycles. The molecule has 0 spiro atoms. The minimum Gasteiger partial charge on any atom is -0.337 e. The van der Waals surface area contributed by atoms with E-state index in [1.54, 1.807) is 17.8 Å². The molecular weight excluding hydrogens is 183 g/mol. The standard InChI is InChI=1S/C9H13FN4/c1-3-8-11-9(12-13(8)2)14-5-4-7(10)6-14/h3,7H,1,4-6H2,2H3. The van der Waals surface area contributed by atoms with Crippen molar-refractivity contribution < 1.29 is 4.39 Å². The summed E-state index contributed by atoms with van der Waals surface area (Å²) in [5, 5.41) is 4.19. The van der Waals surface area contributed by atoms with Gasteiger partial charge < -0.3 is 4.90 Å². The molecule has 14 heavy (non-hydrogen) atoms. The number of hydrogen-bond acceptors (Lipinski definition) is 3. The lowest BCUT2D eigenvalue weighted by molar-refractivity contribution is 0.364. The first-order valence-electron chi connectivity index (χ1n) is 4.63. The van der Waals surface area contributed by atoms with Gasteiger partial charge in [-0.2, -0.15) is 4.98 Å². The fourth-order valence-electron chi connectivity index (χ4n) is 1.59. The van der Waals surface area contributed by atoms with Crippen LogP contribution in [0, 0.1) is 0 Å². The van der Waals surface area contributed by atoms with E-state index in [9.17, 15) is 4.39 Å². The van der Waals surface area contributed by atoms with E-state index in [0.717, 1.165) is 0 Å². The maximum Gasteiger partial charge on any atom is 0.245 e. The van der Waals surface area contributed by atoms with Crippen molar-refractivity contribution in [1.82, 2.24) is 14.8 Å². The van der Waals surface area contributed by atoms with Crippen molar-refractivity contribution in [2.45, 2.75) is 12.6 Å². The molecule has 1 aromatic rings. The SMILES string of the molecule is C=Cc1nc(N2CCC(F)C2)nn1C. The van der Waals surface area contributed by atoms with Gasteiger partial charge in [0, 0.05) is 13.6 Å². The lowest BCUT2D eigenvalue weighted by atomic mass is 10.3. The molecule has 1 atom stereocenters. The number of aromatic nitrogens is 3. The van der Waals surface area contributed by atoms with Gasteiger partial charge in [0.25, 0.3) is 0 Å². The molecule has 2 heterocycles. The van der Waals surface area contributed by atoms with Crippen LogP contribution >= 0.6 is 0 Å². The predicted octanol–water partition coefficient (Wildman–Crippen LogP) is 1.01. The third-order valence-electron chi connectivity index (χ3n) is 2.38. The summed E-state index contributed by atoms with van der Waals surface area (Å²) in [7, 11) is 1.80. The first-order valence-corrected chi connectivity index (χ1v) is 4.63. The Morgan fingerprint density at radius 3 is 2.93 bits per heavy atom. The van der Waals surface area contributed by atoms with E-state index in [1.807, 2.05) is 4.90 Å². The summed E-state index contributed by atoms with van der Waals surface area (Å²) in [5.41, 5.74) is 0. The molecule has 1 unspecified atom stereocenters. The summed E-state index contributed by atoms with van der Waals surface area (Å²) < 4.78 is 14.6. The number of halogens is 1. The van der Waals surface area contributed by atoms with Gasteiger partial charge in [0.05, 0.1) is 6.54 Å². The largest absolute Gasteiger partial charge is 0.337 e. The van der Waals surface area contributed by atoms with Crippen LogP contribution in [0.3, 0.4) is 0 Å². The summed E-state index contributed by atoms with van der Waals surface area (Å²) in [6.45, 7) is 4.73. The molecule has 0 aromatic carbocycles. The first kappa shape index (κ1) is 9.18. The van der Waals surface area contributed by atoms with Gasteiger partial charge in [-0.3, -0.25) is 0 Å². The molecule has 1 saturated heterocycles. The summed E-state index contributed by atoms with van der Waals surface area (Å²) in [5.74, 6) is 1.31. The highest BCUT2D eigenvalue weighted by Gasteiger charge is 2.24. The van der Waals surface area contributed by atoms with Crippen LogP contribution in [0.15, 0.2) is 6.58 Å². The van der Waals surface area contributed by atoms with Crippen LogP contribution in [0.25, 0.3) is 6.08 Å². The molecule has 1 aliphatic heterocycles. The van der Waals surface area contributed by atoms with Crippen molar-refractivity contribution in [3.63, 3.8) is 0 Å². The van der Waals surface area contributed by atoms with E-state index in [4.69, 9.17) is 0 Å². The van der Waals surface area contributed by atoms with Crippen molar-refractivity contribution in [1.29, 1.82) is 0 Å². The van der Waals surface area contributed by atoms with Crippen molar-refractivity contribution in [2.75, 3.05) is 18.0 Å². The highest BCUT2D eigenvalue weighted by molar-refractivity contribution is 5.42. The molecule has 0 N–H and O–H groups in total. The number of hydrogen-bond donors (Lipinski definition) is 0. The average Bonchev–Trinajstić information content (AvgIpc) is 2.71. The highest BCUT2D eigenvalue weighted by atomic mass is 19.1. The van der Waals surface area contributed by atoms with E-state index in [1.165, 1.54) is 0 Å². The van der Waals surface area contributed by atoms with Crippen LogP contribution in [-0.4, -0.2) is 34.0 Å². The normalized spacial score (nSPS) is 21.6. The Bertz CT molecular complexity index is 347. The van der Waals surface area contributed by atoms with Crippen molar-refractivity contribution in [3.8, 4) is 0 Å². The number of alkyl halides is 1. The number of aryl methyl sites for hydroxylation is 1. The van der Waals surface area contributed by atoms with Crippen molar-refractivity contribution >= 4 is 12.0 Å². The second kappa shape index (κ2) is 3.40. The van der Waals surface area contributed by atoms with E-state index in [2.05, 4.69) is 16.7 Å². The molecule has 2 rings (SSSR count). The van der Waals surface area contributed by atoms with Gasteiger partial charge in [-0.1, -0.05) is 6.58 Å². The molecule has 1 fully saturated rings. The van der Waals surface area contributed by atoms with E-state index < -0.39 is 6.17 Å². The second-order valence-electron chi connectivity index (χ2n) is 3.43. The van der Waals surface area contributed by atoms with Gasteiger partial charge in [0.2, 0.25) is 5.95 Å². The molecule has 76 valence electrons. The molecule has 0 bridgehead atoms. The summed E-state index contributed by atoms with van der Waals surface area (Å²) in [4.78, 5) is 6.10. The third kappa shape index (κ3) is 1.49. The Balaban J connectivity index is 2.20. The molecule has 4 nitrogen and oxygen atoms in total. The number of rotatable bonds is 2. The fraction of sp³-hybridized carbons (Fsp3) is 0.556. The Kier molecular flexibility index (Phi) is 2.23. The molecule has 0 radical (unpaired) electrons. The van der Waals surface area contributed by atoms with Crippen LogP contribution in [0.1, 0.15) is 12.2 Å². The van der Waals surface area contributed by atoms with Crippen LogP contribution in [0.5, 0.6) is 0 Å². The maximum atomic E-state index is 12.9. The summed E-state index contributed by atoms with van der Waals surface area (Å²) in [6.07, 6.45) is 1.47. The van der Waals surface area contributed by atoms with Gasteiger partial charge in [0.1, 0.15) is 6.17 Å². The number of nitrogens with zero attached hydrogens (tertiary/aromatic N) is 4.